The molecule has 0 atom stereocenters. The Bertz CT molecular complexity index is 658. The number of halogens is 1. The number of carbonyl (C=O) groups is 1. The van der Waals surface area contributed by atoms with E-state index in [1.807, 2.05) is 11.8 Å². The van der Waals surface area contributed by atoms with E-state index >= 15 is 0 Å². The van der Waals surface area contributed by atoms with Gasteiger partial charge in [0.25, 0.3) is 0 Å². The summed E-state index contributed by atoms with van der Waals surface area (Å²) in [5.74, 6) is 0.889. The molecule has 1 aliphatic carbocycles. The number of nitrogens with two attached hydrogens (primary N) is 1. The van der Waals surface area contributed by atoms with Gasteiger partial charge in [-0.1, -0.05) is 31.0 Å². The number of likely N-dealkylation sites (tertiary alicyclic amines) is 1. The molecule has 0 radical (unpaired) electrons. The molecule has 2 fully saturated rings. The summed E-state index contributed by atoms with van der Waals surface area (Å²) in [6, 6.07) is 10.7. The fourth-order valence-corrected chi connectivity index (χ4v) is 5.45. The molecule has 162 valence electrons. The van der Waals surface area contributed by atoms with E-state index in [-0.39, 0.29) is 34.8 Å². The first-order chi connectivity index (χ1) is 13.6. The van der Waals surface area contributed by atoms with E-state index in [1.165, 1.54) is 30.6 Å². The number of nitrogens with one attached hydrogen (secondary N) is 2. The topological polar surface area (TPSA) is 82.8 Å². The van der Waals surface area contributed by atoms with Crippen molar-refractivity contribution in [1.82, 2.24) is 15.5 Å². The number of carbonyl (C=O) groups excluding carboxylic acids is 1. The number of amides is 2. The predicted molar refractivity (Wildman–Crippen MR) is 132 cm³/mol. The largest absolute Gasteiger partial charge is 0.357 e. The molecule has 1 aliphatic heterocycles. The normalized spacial score (nSPS) is 19.5. The molecule has 3 rings (SSSR count). The van der Waals surface area contributed by atoms with Crippen LogP contribution in [-0.2, 0) is 0 Å². The summed E-state index contributed by atoms with van der Waals surface area (Å²) in [6.07, 6.45) is 6.79. The maximum atomic E-state index is 11.3. The number of primary amides is 1. The number of rotatable bonds is 6. The fourth-order valence-electron chi connectivity index (χ4n) is 4.03. The Kier molecular flexibility index (Phi) is 9.88. The lowest BCUT2D eigenvalue weighted by Crippen LogP contribution is -2.51. The summed E-state index contributed by atoms with van der Waals surface area (Å²) in [7, 11) is 0. The van der Waals surface area contributed by atoms with E-state index in [2.05, 4.69) is 47.9 Å². The molecule has 1 saturated heterocycles. The van der Waals surface area contributed by atoms with Crippen LogP contribution in [0.25, 0.3) is 0 Å². The van der Waals surface area contributed by atoms with Crippen LogP contribution in [0.2, 0.25) is 0 Å². The molecule has 4 N–H and O–H groups in total. The molecule has 2 aliphatic rings. The molecule has 0 bridgehead atoms. The monoisotopic (exact) mass is 531 g/mol. The van der Waals surface area contributed by atoms with Crippen molar-refractivity contribution in [2.45, 2.75) is 61.1 Å². The second-order valence-corrected chi connectivity index (χ2v) is 9.29. The van der Waals surface area contributed by atoms with E-state index in [0.717, 1.165) is 31.9 Å². The van der Waals surface area contributed by atoms with Gasteiger partial charge >= 0.3 is 6.03 Å². The van der Waals surface area contributed by atoms with Crippen LogP contribution in [0.5, 0.6) is 0 Å². The summed E-state index contributed by atoms with van der Waals surface area (Å²) in [5.41, 5.74) is 5.39. The van der Waals surface area contributed by atoms with Gasteiger partial charge in [0.05, 0.1) is 6.54 Å². The van der Waals surface area contributed by atoms with Gasteiger partial charge in [0.15, 0.2) is 5.96 Å². The molecule has 0 aromatic heterocycles. The van der Waals surface area contributed by atoms with Gasteiger partial charge in [-0.05, 0) is 44.7 Å². The van der Waals surface area contributed by atoms with Crippen LogP contribution in [0.1, 0.15) is 45.4 Å². The van der Waals surface area contributed by atoms with Crippen molar-refractivity contribution in [2.24, 2.45) is 10.7 Å². The smallest absolute Gasteiger partial charge is 0.314 e. The number of piperidine rings is 1. The Morgan fingerprint density at radius 2 is 1.90 bits per heavy atom. The van der Waals surface area contributed by atoms with Crippen LogP contribution in [0.4, 0.5) is 4.79 Å². The van der Waals surface area contributed by atoms with E-state index in [4.69, 9.17) is 10.7 Å². The Hall–Kier alpha value is -1.16. The van der Waals surface area contributed by atoms with Crippen molar-refractivity contribution in [3.05, 3.63) is 30.3 Å². The Morgan fingerprint density at radius 1 is 1.24 bits per heavy atom. The zero-order chi connectivity index (χ0) is 19.8. The Balaban J connectivity index is 0.00000300. The summed E-state index contributed by atoms with van der Waals surface area (Å²) < 4.78 is 0.193. The first-order valence-corrected chi connectivity index (χ1v) is 11.3. The van der Waals surface area contributed by atoms with Crippen molar-refractivity contribution >= 4 is 47.7 Å². The molecule has 1 heterocycles. The van der Waals surface area contributed by atoms with Gasteiger partial charge in [0, 0.05) is 35.3 Å². The minimum absolute atomic E-state index is 0. The quantitative estimate of drug-likeness (QED) is 0.296. The molecule has 8 heteroatoms. The fraction of sp³-hybridized carbons (Fsp3) is 0.619. The summed E-state index contributed by atoms with van der Waals surface area (Å²) in [6.45, 7) is 5.17. The Morgan fingerprint density at radius 3 is 2.48 bits per heavy atom. The zero-order valence-electron chi connectivity index (χ0n) is 17.2. The molecule has 0 unspecified atom stereocenters. The lowest BCUT2D eigenvalue weighted by molar-refractivity contribution is 0.188. The maximum absolute atomic E-state index is 11.3. The first-order valence-electron chi connectivity index (χ1n) is 10.4. The number of urea groups is 1. The summed E-state index contributed by atoms with van der Waals surface area (Å²) >= 11 is 1.99. The van der Waals surface area contributed by atoms with Crippen LogP contribution in [0.15, 0.2) is 40.2 Å². The van der Waals surface area contributed by atoms with Gasteiger partial charge in [-0.3, -0.25) is 4.99 Å². The lowest BCUT2D eigenvalue weighted by Gasteiger charge is -2.32. The summed E-state index contributed by atoms with van der Waals surface area (Å²) in [5, 5.41) is 6.97. The van der Waals surface area contributed by atoms with Crippen molar-refractivity contribution < 1.29 is 4.79 Å². The number of thioether (sulfide) groups is 1. The van der Waals surface area contributed by atoms with Crippen LogP contribution < -0.4 is 16.4 Å². The van der Waals surface area contributed by atoms with Crippen molar-refractivity contribution in [1.29, 1.82) is 0 Å². The predicted octanol–water partition coefficient (Wildman–Crippen LogP) is 3.81. The molecular weight excluding hydrogens is 497 g/mol. The average Bonchev–Trinajstić information content (AvgIpc) is 3.16. The highest BCUT2D eigenvalue weighted by atomic mass is 127. The van der Waals surface area contributed by atoms with Gasteiger partial charge in [-0.2, -0.15) is 0 Å². The minimum atomic E-state index is -0.319. The third kappa shape index (κ3) is 7.24. The van der Waals surface area contributed by atoms with E-state index in [0.29, 0.717) is 19.1 Å². The van der Waals surface area contributed by atoms with Gasteiger partial charge in [0.1, 0.15) is 0 Å². The third-order valence-corrected chi connectivity index (χ3v) is 7.09. The van der Waals surface area contributed by atoms with Crippen molar-refractivity contribution in [2.75, 3.05) is 26.2 Å². The maximum Gasteiger partial charge on any atom is 0.314 e. The molecule has 1 saturated carbocycles. The number of nitrogens with zero attached hydrogens (tertiary/aromatic N) is 2. The molecule has 29 heavy (non-hydrogen) atoms. The van der Waals surface area contributed by atoms with Crippen LogP contribution in [0, 0.1) is 0 Å². The molecular formula is C21H34IN5OS. The number of guanidine groups is 1. The van der Waals surface area contributed by atoms with Gasteiger partial charge in [-0.25, -0.2) is 4.79 Å². The van der Waals surface area contributed by atoms with Crippen LogP contribution in [-0.4, -0.2) is 53.9 Å². The van der Waals surface area contributed by atoms with E-state index in [1.54, 1.807) is 4.90 Å². The molecule has 6 nitrogen and oxygen atoms in total. The van der Waals surface area contributed by atoms with E-state index in [9.17, 15) is 4.79 Å². The first kappa shape index (κ1) is 24.1. The highest BCUT2D eigenvalue weighted by Crippen LogP contribution is 2.45. The number of aliphatic imine (C=N–C) groups is 1. The summed E-state index contributed by atoms with van der Waals surface area (Å²) in [4.78, 5) is 19.3. The molecule has 1 aromatic carbocycles. The highest BCUT2D eigenvalue weighted by Gasteiger charge is 2.35. The van der Waals surface area contributed by atoms with Gasteiger partial charge < -0.3 is 21.3 Å². The van der Waals surface area contributed by atoms with Crippen LogP contribution >= 0.6 is 35.7 Å². The minimum Gasteiger partial charge on any atom is -0.357 e. The molecule has 1 aromatic rings. The second kappa shape index (κ2) is 11.9. The third-order valence-electron chi connectivity index (χ3n) is 5.61. The van der Waals surface area contributed by atoms with E-state index < -0.39 is 0 Å². The zero-order valence-corrected chi connectivity index (χ0v) is 20.4. The lowest BCUT2D eigenvalue weighted by atomic mass is 10.1. The number of benzene rings is 1. The number of hydrogen-bond acceptors (Lipinski definition) is 3. The SMILES string of the molecule is CCNC(=NCC1(Sc2ccccc2)CCCC1)NC1CCN(C(N)=O)CC1.I. The molecule has 0 spiro atoms. The van der Waals surface area contributed by atoms with Crippen molar-refractivity contribution in [3.63, 3.8) is 0 Å². The van der Waals surface area contributed by atoms with Crippen molar-refractivity contribution in [3.8, 4) is 0 Å². The Labute approximate surface area is 195 Å². The number of hydrogen-bond donors (Lipinski definition) is 3. The second-order valence-electron chi connectivity index (χ2n) is 7.74. The van der Waals surface area contributed by atoms with Crippen LogP contribution in [0.3, 0.4) is 0 Å². The standard InChI is InChI=1S/C21H33N5OS.HI/c1-2-23-20(25-17-10-14-26(15-11-17)19(22)27)24-16-21(12-6-7-13-21)28-18-8-4-3-5-9-18;/h3-5,8-9,17H,2,6-7,10-16H2,1H3,(H2,22,27)(H2,23,24,25);1H. The van der Waals surface area contributed by atoms with Gasteiger partial charge in [-0.15, -0.1) is 35.7 Å². The average molecular weight is 532 g/mol. The highest BCUT2D eigenvalue weighted by molar-refractivity contribution is 14.0. The molecule has 2 amide bonds. The van der Waals surface area contributed by atoms with Gasteiger partial charge in [0.2, 0.25) is 0 Å².